The molecule has 0 aliphatic carbocycles. The zero-order chi connectivity index (χ0) is 14.3. The summed E-state index contributed by atoms with van der Waals surface area (Å²) in [7, 11) is -0.176. The van der Waals surface area contributed by atoms with Gasteiger partial charge in [-0.15, -0.1) is 0 Å². The molecule has 0 aliphatic rings. The van der Waals surface area contributed by atoms with Gasteiger partial charge in [0.15, 0.2) is 0 Å². The molecule has 0 aromatic rings. The monoisotopic (exact) mass is 282 g/mol. The molecule has 17 heavy (non-hydrogen) atoms. The normalized spacial score (nSPS) is 15.5. The summed E-state index contributed by atoms with van der Waals surface area (Å²) in [5.41, 5.74) is 0. The van der Waals surface area contributed by atoms with Crippen LogP contribution < -0.4 is 0 Å². The van der Waals surface area contributed by atoms with Crippen LogP contribution in [0, 0.1) is 0 Å². The minimum Gasteiger partial charge on any atom is -0.319 e. The van der Waals surface area contributed by atoms with Gasteiger partial charge in [0.2, 0.25) is 0 Å². The van der Waals surface area contributed by atoms with Crippen molar-refractivity contribution in [2.75, 3.05) is 7.11 Å². The fraction of sp³-hybridized carbons (Fsp3) is 1.00. The number of hydrogen-bond acceptors (Lipinski definition) is 1. The van der Waals surface area contributed by atoms with Crippen LogP contribution in [-0.4, -0.2) is 37.4 Å². The number of methoxy groups -OCH3 is 1. The van der Waals surface area contributed by atoms with E-state index in [0.29, 0.717) is 0 Å². The van der Waals surface area contributed by atoms with E-state index >= 15 is 0 Å². The topological polar surface area (TPSA) is 9.23 Å². The van der Waals surface area contributed by atoms with Gasteiger partial charge in [-0.3, -0.25) is 0 Å². The Hall–Kier alpha value is -0.740. The lowest BCUT2D eigenvalue weighted by Crippen LogP contribution is -2.64. The van der Waals surface area contributed by atoms with Gasteiger partial charge < -0.3 is 4.74 Å². The average molecular weight is 282 g/mol. The number of hydrogen-bond donors (Lipinski definition) is 0. The second-order valence-electron chi connectivity index (χ2n) is 2.79. The maximum atomic E-state index is 12.4. The van der Waals surface area contributed by atoms with E-state index in [0.717, 1.165) is 0 Å². The lowest BCUT2D eigenvalue weighted by molar-refractivity contribution is -0.431. The molecule has 0 aliphatic heterocycles. The largest absolute Gasteiger partial charge is 0.425 e. The summed E-state index contributed by atoms with van der Waals surface area (Å²) in [6.07, 6.45) is -11.3. The second-order valence-corrected chi connectivity index (χ2v) is 2.79. The van der Waals surface area contributed by atoms with Crippen molar-refractivity contribution >= 4 is 0 Å². The van der Waals surface area contributed by atoms with Crippen molar-refractivity contribution in [3.63, 3.8) is 0 Å². The highest BCUT2D eigenvalue weighted by Gasteiger charge is 2.83. The Kier molecular flexibility index (Phi) is 3.99. The van der Waals surface area contributed by atoms with Gasteiger partial charge in [0.25, 0.3) is 0 Å². The van der Waals surface area contributed by atoms with Crippen molar-refractivity contribution in [1.29, 1.82) is 0 Å². The number of rotatable bonds is 5. The van der Waals surface area contributed by atoms with Crippen LogP contribution >= 0.6 is 0 Å². The van der Waals surface area contributed by atoms with E-state index in [-0.39, 0.29) is 7.11 Å². The van der Waals surface area contributed by atoms with E-state index in [2.05, 4.69) is 4.74 Å². The highest BCUT2D eigenvalue weighted by molar-refractivity contribution is 5.01. The molecule has 0 heterocycles. The smallest absolute Gasteiger partial charge is 0.319 e. The third kappa shape index (κ3) is 2.16. The van der Waals surface area contributed by atoms with Crippen molar-refractivity contribution < 1.29 is 48.6 Å². The van der Waals surface area contributed by atoms with Gasteiger partial charge in [0, 0.05) is 7.11 Å². The molecule has 11 heteroatoms. The quantitative estimate of drug-likeness (QED) is 0.702. The Balaban J connectivity index is 5.61. The van der Waals surface area contributed by atoms with Gasteiger partial charge in [-0.1, -0.05) is 0 Å². The third-order valence-corrected chi connectivity index (χ3v) is 1.71. The van der Waals surface area contributed by atoms with E-state index < -0.39 is 30.3 Å². The molecular weight excluding hydrogens is 278 g/mol. The number of alkyl halides is 10. The van der Waals surface area contributed by atoms with Crippen molar-refractivity contribution in [3.8, 4) is 0 Å². The van der Waals surface area contributed by atoms with E-state index in [1.807, 2.05) is 0 Å². The number of ether oxygens (including phenoxy) is 1. The predicted octanol–water partition coefficient (Wildman–Crippen LogP) is 3.40. The Morgan fingerprint density at radius 2 is 1.12 bits per heavy atom. The third-order valence-electron chi connectivity index (χ3n) is 1.71. The minimum absolute atomic E-state index is 0.176. The lowest BCUT2D eigenvalue weighted by Gasteiger charge is -2.35. The molecule has 0 bridgehead atoms. The molecule has 104 valence electrons. The minimum atomic E-state index is -6.99. The van der Waals surface area contributed by atoms with Gasteiger partial charge in [0.1, 0.15) is 0 Å². The van der Waals surface area contributed by atoms with Crippen molar-refractivity contribution in [1.82, 2.24) is 0 Å². The van der Waals surface area contributed by atoms with Gasteiger partial charge in [0.05, 0.1) is 0 Å². The molecule has 0 N–H and O–H groups in total. The summed E-state index contributed by atoms with van der Waals surface area (Å²) in [5.74, 6) is -20.4. The van der Waals surface area contributed by atoms with Crippen LogP contribution in [0.15, 0.2) is 0 Å². The van der Waals surface area contributed by atoms with Gasteiger partial charge in [-0.2, -0.15) is 35.1 Å². The highest BCUT2D eigenvalue weighted by atomic mass is 19.4. The summed E-state index contributed by atoms with van der Waals surface area (Å²) in [6, 6.07) is 0. The van der Waals surface area contributed by atoms with E-state index in [4.69, 9.17) is 0 Å². The molecule has 0 atom stereocenters. The molecule has 0 aromatic heterocycles. The second kappa shape index (κ2) is 4.18. The van der Waals surface area contributed by atoms with E-state index in [1.54, 1.807) is 0 Å². The molecule has 0 aromatic carbocycles. The molecule has 0 radical (unpaired) electrons. The standard InChI is InChI=1S/C6H4F10O/c1-17-6(15,16)5(13,14)4(11,12)3(9,10)2(7)8/h2H,1H3. The number of halogens is 10. The van der Waals surface area contributed by atoms with Crippen LogP contribution in [0.1, 0.15) is 0 Å². The molecule has 0 amide bonds. The molecule has 0 unspecified atom stereocenters. The predicted molar refractivity (Wildman–Crippen MR) is 32.8 cm³/mol. The first-order valence-corrected chi connectivity index (χ1v) is 3.60. The Bertz CT molecular complexity index is 272. The van der Waals surface area contributed by atoms with Crippen LogP contribution in [-0.2, 0) is 4.74 Å². The summed E-state index contributed by atoms with van der Waals surface area (Å²) in [6.45, 7) is 0. The molecular formula is C6H4F10O. The van der Waals surface area contributed by atoms with Crippen LogP contribution in [0.3, 0.4) is 0 Å². The van der Waals surface area contributed by atoms with Gasteiger partial charge >= 0.3 is 30.3 Å². The van der Waals surface area contributed by atoms with Gasteiger partial charge in [-0.05, 0) is 0 Å². The summed E-state index contributed by atoms with van der Waals surface area (Å²) < 4.78 is 124. The van der Waals surface area contributed by atoms with E-state index in [1.165, 1.54) is 0 Å². The zero-order valence-corrected chi connectivity index (χ0v) is 7.77. The molecule has 0 rings (SSSR count). The zero-order valence-electron chi connectivity index (χ0n) is 7.77. The maximum absolute atomic E-state index is 12.4. The van der Waals surface area contributed by atoms with Crippen molar-refractivity contribution in [2.45, 2.75) is 30.3 Å². The fourth-order valence-electron chi connectivity index (χ4n) is 0.657. The van der Waals surface area contributed by atoms with Crippen LogP contribution in [0.2, 0.25) is 0 Å². The Labute approximate surface area is 87.3 Å². The first-order valence-electron chi connectivity index (χ1n) is 3.60. The summed E-state index contributed by atoms with van der Waals surface area (Å²) >= 11 is 0. The molecule has 0 saturated carbocycles. The molecule has 0 fully saturated rings. The molecule has 0 spiro atoms. The van der Waals surface area contributed by atoms with E-state index in [9.17, 15) is 43.9 Å². The Morgan fingerprint density at radius 3 is 1.35 bits per heavy atom. The molecule has 1 nitrogen and oxygen atoms in total. The average Bonchev–Trinajstić information content (AvgIpc) is 2.16. The summed E-state index contributed by atoms with van der Waals surface area (Å²) in [4.78, 5) is 0. The van der Waals surface area contributed by atoms with Crippen molar-refractivity contribution in [2.24, 2.45) is 0 Å². The first kappa shape index (κ1) is 16.3. The van der Waals surface area contributed by atoms with Gasteiger partial charge in [-0.25, -0.2) is 8.78 Å². The lowest BCUT2D eigenvalue weighted by atomic mass is 10.0. The summed E-state index contributed by atoms with van der Waals surface area (Å²) in [5, 5.41) is 0. The SMILES string of the molecule is COC(F)(F)C(F)(F)C(F)(F)C(F)(F)C(F)F. The Morgan fingerprint density at radius 1 is 0.765 bits per heavy atom. The first-order chi connectivity index (χ1) is 7.25. The highest BCUT2D eigenvalue weighted by Crippen LogP contribution is 2.54. The van der Waals surface area contributed by atoms with Crippen molar-refractivity contribution in [3.05, 3.63) is 0 Å². The fourth-order valence-corrected chi connectivity index (χ4v) is 0.657. The maximum Gasteiger partial charge on any atom is 0.425 e. The van der Waals surface area contributed by atoms with Crippen LogP contribution in [0.5, 0.6) is 0 Å². The molecule has 0 saturated heterocycles. The van der Waals surface area contributed by atoms with Crippen LogP contribution in [0.25, 0.3) is 0 Å². The van der Waals surface area contributed by atoms with Crippen LogP contribution in [0.4, 0.5) is 43.9 Å².